The van der Waals surface area contributed by atoms with Crippen LogP contribution >= 0.6 is 11.6 Å². The van der Waals surface area contributed by atoms with Gasteiger partial charge in [-0.3, -0.25) is 13.9 Å². The third kappa shape index (κ3) is 8.49. The van der Waals surface area contributed by atoms with Crippen LogP contribution in [0.15, 0.2) is 108 Å². The van der Waals surface area contributed by atoms with Crippen LogP contribution in [0.3, 0.4) is 0 Å². The Balaban J connectivity index is 1.83. The Hall–Kier alpha value is -4.21. The van der Waals surface area contributed by atoms with Gasteiger partial charge in [0.25, 0.3) is 10.0 Å². The van der Waals surface area contributed by atoms with Gasteiger partial charge < -0.3 is 10.2 Å². The fraction of sp³-hybridized carbons (Fsp3) is 0.257. The monoisotopic (exact) mass is 649 g/mol. The molecular weight excluding hydrogens is 613 g/mol. The van der Waals surface area contributed by atoms with E-state index in [0.29, 0.717) is 6.42 Å². The number of nitrogens with one attached hydrogen (secondary N) is 1. The third-order valence-electron chi connectivity index (χ3n) is 7.68. The number of carbonyl (C=O) groups excluding carboxylic acids is 2. The average molecular weight is 650 g/mol. The van der Waals surface area contributed by atoms with Crippen molar-refractivity contribution in [2.24, 2.45) is 0 Å². The van der Waals surface area contributed by atoms with Crippen molar-refractivity contribution in [1.29, 1.82) is 0 Å². The number of amides is 2. The first kappa shape index (κ1) is 33.7. The van der Waals surface area contributed by atoms with Gasteiger partial charge in [0.15, 0.2) is 0 Å². The Morgan fingerprint density at radius 1 is 0.911 bits per heavy atom. The average Bonchev–Trinajstić information content (AvgIpc) is 3.04. The van der Waals surface area contributed by atoms with E-state index in [0.717, 1.165) is 27.1 Å². The maximum absolute atomic E-state index is 14.5. The van der Waals surface area contributed by atoms with Crippen molar-refractivity contribution < 1.29 is 22.4 Å². The number of anilines is 1. The molecule has 7 nitrogen and oxygen atoms in total. The van der Waals surface area contributed by atoms with Crippen molar-refractivity contribution >= 4 is 39.1 Å². The van der Waals surface area contributed by atoms with Crippen molar-refractivity contribution in [1.82, 2.24) is 10.2 Å². The van der Waals surface area contributed by atoms with E-state index in [4.69, 9.17) is 11.6 Å². The van der Waals surface area contributed by atoms with Crippen molar-refractivity contribution in [3.8, 4) is 0 Å². The maximum atomic E-state index is 14.5. The molecule has 0 fully saturated rings. The minimum Gasteiger partial charge on any atom is -0.352 e. The summed E-state index contributed by atoms with van der Waals surface area (Å²) >= 11 is 6.08. The topological polar surface area (TPSA) is 86.8 Å². The number of carbonyl (C=O) groups is 2. The molecule has 236 valence electrons. The summed E-state index contributed by atoms with van der Waals surface area (Å²) in [4.78, 5) is 29.8. The molecule has 0 spiro atoms. The number of sulfonamides is 1. The SMILES string of the molecule is CC[C@H](C)NC(=O)[C@@H](Cc1ccccc1)N(Cc1ccccc1C)C(=O)CN(c1ccc(F)c(Cl)c1)S(=O)(=O)c1ccccc1. The smallest absolute Gasteiger partial charge is 0.264 e. The maximum Gasteiger partial charge on any atom is 0.264 e. The van der Waals surface area contributed by atoms with E-state index in [1.807, 2.05) is 75.4 Å². The molecule has 2 atom stereocenters. The van der Waals surface area contributed by atoms with Crippen molar-refractivity contribution in [2.45, 2.75) is 57.1 Å². The van der Waals surface area contributed by atoms with Crippen LogP contribution in [0.5, 0.6) is 0 Å². The molecule has 0 aromatic heterocycles. The largest absolute Gasteiger partial charge is 0.352 e. The van der Waals surface area contributed by atoms with Gasteiger partial charge in [0, 0.05) is 19.0 Å². The second-order valence-electron chi connectivity index (χ2n) is 10.9. The molecule has 0 saturated heterocycles. The zero-order chi connectivity index (χ0) is 32.6. The van der Waals surface area contributed by atoms with Gasteiger partial charge in [0.1, 0.15) is 18.4 Å². The number of hydrogen-bond donors (Lipinski definition) is 1. The molecule has 10 heteroatoms. The van der Waals surface area contributed by atoms with Gasteiger partial charge in [-0.25, -0.2) is 12.8 Å². The van der Waals surface area contributed by atoms with Crippen LogP contribution in [0, 0.1) is 12.7 Å². The van der Waals surface area contributed by atoms with Crippen molar-refractivity contribution in [3.63, 3.8) is 0 Å². The van der Waals surface area contributed by atoms with Gasteiger partial charge in [0.2, 0.25) is 11.8 Å². The van der Waals surface area contributed by atoms with Crippen LogP contribution in [0.4, 0.5) is 10.1 Å². The first-order chi connectivity index (χ1) is 21.5. The minimum atomic E-state index is -4.32. The van der Waals surface area contributed by atoms with E-state index in [-0.39, 0.29) is 40.5 Å². The summed E-state index contributed by atoms with van der Waals surface area (Å²) in [5.41, 5.74) is 2.57. The van der Waals surface area contributed by atoms with E-state index >= 15 is 0 Å². The van der Waals surface area contributed by atoms with Gasteiger partial charge in [-0.05, 0) is 67.3 Å². The normalized spacial score (nSPS) is 12.6. The van der Waals surface area contributed by atoms with Crippen LogP contribution in [-0.4, -0.2) is 43.8 Å². The van der Waals surface area contributed by atoms with Crippen LogP contribution < -0.4 is 9.62 Å². The molecule has 0 heterocycles. The van der Waals surface area contributed by atoms with Gasteiger partial charge in [-0.1, -0.05) is 91.3 Å². The Labute approximate surface area is 269 Å². The van der Waals surface area contributed by atoms with Crippen molar-refractivity contribution in [2.75, 3.05) is 10.8 Å². The van der Waals surface area contributed by atoms with Gasteiger partial charge in [0.05, 0.1) is 15.6 Å². The highest BCUT2D eigenvalue weighted by molar-refractivity contribution is 7.92. The van der Waals surface area contributed by atoms with Gasteiger partial charge in [-0.15, -0.1) is 0 Å². The number of halogens is 2. The molecule has 0 bridgehead atoms. The van der Waals surface area contributed by atoms with E-state index in [1.165, 1.54) is 29.2 Å². The standard InChI is InChI=1S/C35H37ClFN3O4S/c1-4-26(3)38-35(42)33(21-27-14-7-5-8-15-27)39(23-28-16-12-11-13-25(28)2)34(41)24-40(29-19-20-32(37)31(36)22-29)45(43,44)30-17-9-6-10-18-30/h5-20,22,26,33H,4,21,23-24H2,1-3H3,(H,38,42)/t26-,33+/m0/s1. The lowest BCUT2D eigenvalue weighted by atomic mass is 10.0. The molecule has 0 unspecified atom stereocenters. The predicted molar refractivity (Wildman–Crippen MR) is 176 cm³/mol. The number of benzene rings is 4. The summed E-state index contributed by atoms with van der Waals surface area (Å²) in [7, 11) is -4.32. The van der Waals surface area contributed by atoms with E-state index < -0.39 is 34.3 Å². The van der Waals surface area contributed by atoms with Crippen LogP contribution in [0.1, 0.15) is 37.0 Å². The summed E-state index contributed by atoms with van der Waals surface area (Å²) < 4.78 is 43.1. The number of rotatable bonds is 13. The zero-order valence-electron chi connectivity index (χ0n) is 25.5. The Kier molecular flexibility index (Phi) is 11.4. The fourth-order valence-electron chi connectivity index (χ4n) is 4.85. The molecule has 0 aliphatic heterocycles. The first-order valence-electron chi connectivity index (χ1n) is 14.7. The third-order valence-corrected chi connectivity index (χ3v) is 9.75. The zero-order valence-corrected chi connectivity index (χ0v) is 27.1. The number of hydrogen-bond acceptors (Lipinski definition) is 4. The predicted octanol–water partition coefficient (Wildman–Crippen LogP) is 6.54. The Morgan fingerprint density at radius 2 is 1.53 bits per heavy atom. The molecule has 0 radical (unpaired) electrons. The molecule has 1 N–H and O–H groups in total. The highest BCUT2D eigenvalue weighted by atomic mass is 35.5. The number of nitrogens with zero attached hydrogens (tertiary/aromatic N) is 2. The molecule has 45 heavy (non-hydrogen) atoms. The Bertz CT molecular complexity index is 1720. The molecule has 4 rings (SSSR count). The highest BCUT2D eigenvalue weighted by Crippen LogP contribution is 2.28. The van der Waals surface area contributed by atoms with E-state index in [9.17, 15) is 22.4 Å². The van der Waals surface area contributed by atoms with E-state index in [2.05, 4.69) is 5.32 Å². The quantitative estimate of drug-likeness (QED) is 0.178. The van der Waals surface area contributed by atoms with Crippen molar-refractivity contribution in [3.05, 3.63) is 131 Å². The molecule has 0 aliphatic carbocycles. The first-order valence-corrected chi connectivity index (χ1v) is 16.5. The molecule has 0 saturated carbocycles. The minimum absolute atomic E-state index is 0.0121. The molecular formula is C35H37ClFN3O4S. The lowest BCUT2D eigenvalue weighted by Gasteiger charge is -2.34. The molecule has 0 aliphatic rings. The lowest BCUT2D eigenvalue weighted by molar-refractivity contribution is -0.140. The van der Waals surface area contributed by atoms with Crippen LogP contribution in [0.25, 0.3) is 0 Å². The van der Waals surface area contributed by atoms with Gasteiger partial charge in [-0.2, -0.15) is 0 Å². The van der Waals surface area contributed by atoms with E-state index in [1.54, 1.807) is 18.2 Å². The highest BCUT2D eigenvalue weighted by Gasteiger charge is 2.35. The summed E-state index contributed by atoms with van der Waals surface area (Å²) in [5.74, 6) is -1.69. The molecule has 2 amide bonds. The summed E-state index contributed by atoms with van der Waals surface area (Å²) in [6.07, 6.45) is 0.887. The summed E-state index contributed by atoms with van der Waals surface area (Å²) in [5, 5.41) is 2.72. The lowest BCUT2D eigenvalue weighted by Crippen LogP contribution is -2.54. The Morgan fingerprint density at radius 3 is 2.16 bits per heavy atom. The van der Waals surface area contributed by atoms with Crippen LogP contribution in [0.2, 0.25) is 5.02 Å². The van der Waals surface area contributed by atoms with Gasteiger partial charge >= 0.3 is 0 Å². The second kappa shape index (κ2) is 15.2. The van der Waals surface area contributed by atoms with Crippen LogP contribution in [-0.2, 0) is 32.6 Å². The molecule has 4 aromatic carbocycles. The summed E-state index contributed by atoms with van der Waals surface area (Å²) in [6.45, 7) is 5.15. The summed E-state index contributed by atoms with van der Waals surface area (Å²) in [6, 6.07) is 26.9. The molecule has 4 aromatic rings. The number of aryl methyl sites for hydroxylation is 1. The fourth-order valence-corrected chi connectivity index (χ4v) is 6.46. The second-order valence-corrected chi connectivity index (χ2v) is 13.2.